The Hall–Kier alpha value is -3.27. The van der Waals surface area contributed by atoms with Gasteiger partial charge in [0.25, 0.3) is 11.5 Å². The van der Waals surface area contributed by atoms with Crippen molar-refractivity contribution in [2.24, 2.45) is 0 Å². The molecule has 2 aliphatic heterocycles. The van der Waals surface area contributed by atoms with Gasteiger partial charge in [0.1, 0.15) is 17.4 Å². The summed E-state index contributed by atoms with van der Waals surface area (Å²) in [6, 6.07) is 2.65. The zero-order valence-electron chi connectivity index (χ0n) is 19.2. The molecular weight excluding hydrogens is 441 g/mol. The van der Waals surface area contributed by atoms with Gasteiger partial charge >= 0.3 is 0 Å². The minimum Gasteiger partial charge on any atom is -0.474 e. The summed E-state index contributed by atoms with van der Waals surface area (Å²) in [6.45, 7) is 6.41. The lowest BCUT2D eigenvalue weighted by Gasteiger charge is -2.41. The van der Waals surface area contributed by atoms with Gasteiger partial charge in [-0.1, -0.05) is 0 Å². The summed E-state index contributed by atoms with van der Waals surface area (Å²) < 4.78 is 28.3. The molecule has 2 saturated carbocycles. The predicted octanol–water partition coefficient (Wildman–Crippen LogP) is 3.03. The van der Waals surface area contributed by atoms with Gasteiger partial charge in [0.05, 0.1) is 30.0 Å². The lowest BCUT2D eigenvalue weighted by atomic mass is 9.62. The van der Waals surface area contributed by atoms with E-state index in [9.17, 15) is 14.0 Å². The van der Waals surface area contributed by atoms with E-state index in [1.165, 1.54) is 16.8 Å². The van der Waals surface area contributed by atoms with Crippen molar-refractivity contribution >= 4 is 17.4 Å². The molecule has 1 amide bonds. The Labute approximate surface area is 194 Å². The molecule has 3 aromatic heterocycles. The maximum atomic E-state index is 13.5. The molecule has 0 spiro atoms. The van der Waals surface area contributed by atoms with Crippen molar-refractivity contribution in [1.82, 2.24) is 18.9 Å². The van der Waals surface area contributed by atoms with Crippen LogP contribution in [-0.4, -0.2) is 49.3 Å². The number of amides is 1. The third kappa shape index (κ3) is 3.31. The molecule has 2 saturated heterocycles. The Kier molecular flexibility index (Phi) is 4.45. The van der Waals surface area contributed by atoms with E-state index < -0.39 is 23.7 Å². The number of ether oxygens (including phenoxy) is 2. The van der Waals surface area contributed by atoms with Gasteiger partial charge in [-0.2, -0.15) is 4.98 Å². The largest absolute Gasteiger partial charge is 0.474 e. The van der Waals surface area contributed by atoms with E-state index in [1.54, 1.807) is 16.7 Å². The van der Waals surface area contributed by atoms with E-state index in [-0.39, 0.29) is 34.3 Å². The van der Waals surface area contributed by atoms with Crippen molar-refractivity contribution in [3.63, 3.8) is 0 Å². The van der Waals surface area contributed by atoms with Crippen LogP contribution in [0.4, 0.5) is 10.1 Å². The first-order chi connectivity index (χ1) is 16.2. The van der Waals surface area contributed by atoms with E-state index in [0.717, 1.165) is 18.5 Å². The number of fused-ring (bicyclic) bond motifs is 2. The summed E-state index contributed by atoms with van der Waals surface area (Å²) in [6.07, 6.45) is 5.91. The van der Waals surface area contributed by atoms with Gasteiger partial charge in [0, 0.05) is 30.4 Å². The number of pyridine rings is 1. The van der Waals surface area contributed by atoms with Crippen LogP contribution < -0.4 is 15.6 Å². The van der Waals surface area contributed by atoms with Crippen molar-refractivity contribution in [2.75, 3.05) is 11.9 Å². The van der Waals surface area contributed by atoms with Crippen LogP contribution >= 0.6 is 0 Å². The Balaban J connectivity index is 1.35. The molecule has 2 bridgehead atoms. The summed E-state index contributed by atoms with van der Waals surface area (Å²) in [5.74, 6) is 0.0289. The Morgan fingerprint density at radius 2 is 2.09 bits per heavy atom. The lowest BCUT2D eigenvalue weighted by Crippen LogP contribution is -2.45. The number of nitrogens with zero attached hydrogens (tertiary/aromatic N) is 4. The molecule has 178 valence electrons. The van der Waals surface area contributed by atoms with Crippen molar-refractivity contribution in [1.29, 1.82) is 0 Å². The Morgan fingerprint density at radius 1 is 1.32 bits per heavy atom. The minimum atomic E-state index is -1.03. The van der Waals surface area contributed by atoms with Gasteiger partial charge < -0.3 is 19.4 Å². The van der Waals surface area contributed by atoms with Crippen molar-refractivity contribution in [3.8, 4) is 5.88 Å². The first-order valence-electron chi connectivity index (χ1n) is 11.5. The average Bonchev–Trinajstić information content (AvgIpc) is 3.08. The maximum Gasteiger partial charge on any atom is 0.274 e. The van der Waals surface area contributed by atoms with E-state index in [0.29, 0.717) is 18.8 Å². The summed E-state index contributed by atoms with van der Waals surface area (Å²) in [4.78, 5) is 35.2. The molecule has 0 radical (unpaired) electrons. The van der Waals surface area contributed by atoms with Crippen LogP contribution in [-0.2, 0) is 10.2 Å². The van der Waals surface area contributed by atoms with E-state index >= 15 is 0 Å². The Morgan fingerprint density at radius 3 is 2.74 bits per heavy atom. The quantitative estimate of drug-likeness (QED) is 0.598. The van der Waals surface area contributed by atoms with Crippen LogP contribution in [0.2, 0.25) is 0 Å². The molecule has 5 heterocycles. The number of imidazole rings is 1. The highest BCUT2D eigenvalue weighted by Crippen LogP contribution is 2.58. The molecule has 2 atom stereocenters. The molecule has 1 unspecified atom stereocenters. The molecule has 9 nitrogen and oxygen atoms in total. The third-order valence-corrected chi connectivity index (χ3v) is 6.93. The van der Waals surface area contributed by atoms with Crippen molar-refractivity contribution < 1.29 is 18.7 Å². The fourth-order valence-electron chi connectivity index (χ4n) is 5.28. The van der Waals surface area contributed by atoms with Gasteiger partial charge in [-0.25, -0.2) is 9.37 Å². The number of hydrogen-bond acceptors (Lipinski definition) is 6. The highest BCUT2D eigenvalue weighted by atomic mass is 19.1. The number of aromatic nitrogens is 4. The van der Waals surface area contributed by atoms with E-state index in [2.05, 4.69) is 17.2 Å². The molecular formula is C24H26FN5O4. The topological polar surface area (TPSA) is 99.8 Å². The zero-order valence-corrected chi connectivity index (χ0v) is 19.2. The Bertz CT molecular complexity index is 1370. The number of hydrogen-bond donors (Lipinski definition) is 1. The van der Waals surface area contributed by atoms with E-state index in [4.69, 9.17) is 14.5 Å². The zero-order chi connectivity index (χ0) is 23.8. The van der Waals surface area contributed by atoms with Crippen molar-refractivity contribution in [3.05, 3.63) is 52.3 Å². The highest BCUT2D eigenvalue weighted by Gasteiger charge is 2.61. The fraction of sp³-hybridized carbons (Fsp3) is 0.500. The molecule has 1 N–H and O–H groups in total. The first-order valence-corrected chi connectivity index (χ1v) is 11.5. The normalized spacial score (nSPS) is 29.3. The monoisotopic (exact) mass is 467 g/mol. The highest BCUT2D eigenvalue weighted by molar-refractivity contribution is 6.05. The van der Waals surface area contributed by atoms with Crippen LogP contribution in [0.3, 0.4) is 0 Å². The van der Waals surface area contributed by atoms with Gasteiger partial charge in [-0.3, -0.25) is 14.0 Å². The average molecular weight is 468 g/mol. The number of alkyl halides is 1. The number of rotatable bonds is 6. The molecule has 7 rings (SSSR count). The SMILES string of the molecule is CC(C)Oc1nc2nc(C34COC(C)(C3)C4)cn2cc1C(=O)Nc1cccn(C2C[C@@H]2F)c1=O. The number of carbonyl (C=O) groups excluding carboxylic acids is 1. The minimum absolute atomic E-state index is 0.0734. The predicted molar refractivity (Wildman–Crippen MR) is 121 cm³/mol. The molecule has 4 aliphatic rings. The second kappa shape index (κ2) is 7.11. The standard InChI is InChI=1S/C24H26FN5O4/c1-13(2)34-20-14(19(31)26-16-5-4-6-30(21(16)32)17-7-15(17)25)8-29-9-18(27-22(29)28-20)24-10-23(3,11-24)33-12-24/h4-6,8-9,13,15,17H,7,10-12H2,1-3H3,(H,26,31)/t15-,17?,23?,24?/m0/s1. The molecule has 4 fully saturated rings. The molecule has 0 aromatic carbocycles. The lowest BCUT2D eigenvalue weighted by molar-refractivity contribution is 0.0154. The van der Waals surface area contributed by atoms with Crippen LogP contribution in [0.1, 0.15) is 62.1 Å². The van der Waals surface area contributed by atoms with Crippen LogP contribution in [0, 0.1) is 0 Å². The smallest absolute Gasteiger partial charge is 0.274 e. The maximum absolute atomic E-state index is 13.5. The third-order valence-electron chi connectivity index (χ3n) is 6.93. The van der Waals surface area contributed by atoms with Gasteiger partial charge in [0.2, 0.25) is 11.7 Å². The fourth-order valence-corrected chi connectivity index (χ4v) is 5.28. The van der Waals surface area contributed by atoms with Crippen molar-refractivity contribution in [2.45, 2.75) is 69.4 Å². The molecule has 3 aromatic rings. The number of nitrogens with one attached hydrogen (secondary N) is 1. The number of halogens is 1. The van der Waals surface area contributed by atoms with Gasteiger partial charge in [0.15, 0.2) is 0 Å². The second-order valence-electron chi connectivity index (χ2n) is 10.2. The molecule has 2 aliphatic carbocycles. The molecule has 10 heteroatoms. The summed E-state index contributed by atoms with van der Waals surface area (Å²) in [7, 11) is 0. The van der Waals surface area contributed by atoms with E-state index in [1.807, 2.05) is 20.0 Å². The second-order valence-corrected chi connectivity index (χ2v) is 10.2. The first kappa shape index (κ1) is 21.3. The number of carbonyl (C=O) groups is 1. The van der Waals surface area contributed by atoms with Gasteiger partial charge in [-0.05, 0) is 45.7 Å². The summed E-state index contributed by atoms with van der Waals surface area (Å²) in [5, 5.41) is 2.66. The molecule has 34 heavy (non-hydrogen) atoms. The van der Waals surface area contributed by atoms with Crippen LogP contribution in [0.25, 0.3) is 5.78 Å². The summed E-state index contributed by atoms with van der Waals surface area (Å²) >= 11 is 0. The number of anilines is 1. The summed E-state index contributed by atoms with van der Waals surface area (Å²) in [5.41, 5.74) is 0.498. The van der Waals surface area contributed by atoms with Crippen LogP contribution in [0.15, 0.2) is 35.5 Å². The van der Waals surface area contributed by atoms with Crippen LogP contribution in [0.5, 0.6) is 5.88 Å². The van der Waals surface area contributed by atoms with Gasteiger partial charge in [-0.15, -0.1) is 0 Å².